The van der Waals surface area contributed by atoms with Crippen molar-refractivity contribution < 1.29 is 9.84 Å². The van der Waals surface area contributed by atoms with Crippen LogP contribution in [-0.4, -0.2) is 10.1 Å². The summed E-state index contributed by atoms with van der Waals surface area (Å²) < 4.78 is 5.99. The maximum absolute atomic E-state index is 11.6. The van der Waals surface area contributed by atoms with E-state index in [9.17, 15) is 9.90 Å². The summed E-state index contributed by atoms with van der Waals surface area (Å²) in [7, 11) is 0. The van der Waals surface area contributed by atoms with Crippen LogP contribution in [0.15, 0.2) is 41.2 Å². The van der Waals surface area contributed by atoms with Gasteiger partial charge in [-0.1, -0.05) is 42.3 Å². The van der Waals surface area contributed by atoms with Gasteiger partial charge >= 0.3 is 4.87 Å². The van der Waals surface area contributed by atoms with Crippen LogP contribution in [0.1, 0.15) is 59.6 Å². The molecule has 29 heavy (non-hydrogen) atoms. The van der Waals surface area contributed by atoms with Crippen molar-refractivity contribution in [2.45, 2.75) is 38.0 Å². The van der Waals surface area contributed by atoms with E-state index in [4.69, 9.17) is 21.6 Å². The third-order valence-electron chi connectivity index (χ3n) is 5.41. The minimum Gasteiger partial charge on any atom is -0.494 e. The number of thiazole rings is 1. The highest BCUT2D eigenvalue weighted by atomic mass is 35.5. The van der Waals surface area contributed by atoms with Crippen LogP contribution < -0.4 is 9.61 Å². The molecule has 0 amide bonds. The number of nitrogens with one attached hydrogen (secondary N) is 1. The van der Waals surface area contributed by atoms with Crippen LogP contribution in [0, 0.1) is 11.3 Å². The lowest BCUT2D eigenvalue weighted by atomic mass is 9.76. The van der Waals surface area contributed by atoms with E-state index in [1.807, 2.05) is 25.1 Å². The van der Waals surface area contributed by atoms with Crippen LogP contribution >= 0.6 is 22.9 Å². The zero-order valence-corrected chi connectivity index (χ0v) is 17.3. The van der Waals surface area contributed by atoms with E-state index in [0.717, 1.165) is 29.7 Å². The van der Waals surface area contributed by atoms with Crippen molar-refractivity contribution >= 4 is 22.9 Å². The summed E-state index contributed by atoms with van der Waals surface area (Å²) in [6, 6.07) is 12.9. The molecule has 2 N–H and O–H groups in total. The monoisotopic (exact) mass is 426 g/mol. The second kappa shape index (κ2) is 7.94. The molecule has 1 aliphatic rings. The molecule has 0 radical (unpaired) electrons. The number of hydrogen-bond donors (Lipinski definition) is 2. The topological polar surface area (TPSA) is 86.1 Å². The zero-order valence-electron chi connectivity index (χ0n) is 15.7. The molecular formula is C22H19ClN2O3S. The summed E-state index contributed by atoms with van der Waals surface area (Å²) in [6.45, 7) is 1.99. The van der Waals surface area contributed by atoms with E-state index in [1.54, 1.807) is 18.2 Å². The third-order valence-corrected chi connectivity index (χ3v) is 6.76. The van der Waals surface area contributed by atoms with Gasteiger partial charge in [0.15, 0.2) is 0 Å². The number of benzene rings is 2. The molecule has 0 bridgehead atoms. The van der Waals surface area contributed by atoms with Gasteiger partial charge in [0.2, 0.25) is 5.88 Å². The molecule has 1 aliphatic carbocycles. The second-order valence-electron chi connectivity index (χ2n) is 7.23. The quantitative estimate of drug-likeness (QED) is 0.533. The molecule has 0 spiro atoms. The Hall–Kier alpha value is -2.75. The fourth-order valence-corrected chi connectivity index (χ4v) is 4.65. The van der Waals surface area contributed by atoms with Crippen molar-refractivity contribution in [3.63, 3.8) is 0 Å². The Morgan fingerprint density at radius 3 is 2.69 bits per heavy atom. The van der Waals surface area contributed by atoms with Gasteiger partial charge in [-0.05, 0) is 60.2 Å². The lowest BCUT2D eigenvalue weighted by Gasteiger charge is -2.30. The third kappa shape index (κ3) is 3.89. The van der Waals surface area contributed by atoms with Gasteiger partial charge in [-0.15, -0.1) is 0 Å². The first-order valence-electron chi connectivity index (χ1n) is 9.39. The first-order chi connectivity index (χ1) is 14.0. The molecule has 1 saturated carbocycles. The van der Waals surface area contributed by atoms with Crippen molar-refractivity contribution in [2.75, 3.05) is 0 Å². The predicted octanol–water partition coefficient (Wildman–Crippen LogP) is 5.88. The predicted molar refractivity (Wildman–Crippen MR) is 113 cm³/mol. The molecule has 7 heteroatoms. The number of aromatic hydroxyl groups is 1. The van der Waals surface area contributed by atoms with Gasteiger partial charge in [0.25, 0.3) is 0 Å². The highest BCUT2D eigenvalue weighted by Gasteiger charge is 2.27. The van der Waals surface area contributed by atoms with Crippen LogP contribution in [0.2, 0.25) is 5.02 Å². The molecule has 4 rings (SSSR count). The number of hydrogen-bond acceptors (Lipinski definition) is 5. The first-order valence-corrected chi connectivity index (χ1v) is 10.6. The van der Waals surface area contributed by atoms with Gasteiger partial charge in [0.05, 0.1) is 21.5 Å². The average Bonchev–Trinajstić information content (AvgIpc) is 3.00. The van der Waals surface area contributed by atoms with E-state index in [1.165, 1.54) is 12.0 Å². The maximum Gasteiger partial charge on any atom is 0.307 e. The van der Waals surface area contributed by atoms with Gasteiger partial charge in [0.1, 0.15) is 11.5 Å². The van der Waals surface area contributed by atoms with Crippen molar-refractivity contribution in [2.24, 2.45) is 0 Å². The van der Waals surface area contributed by atoms with E-state index >= 15 is 0 Å². The number of halogens is 1. The van der Waals surface area contributed by atoms with Crippen molar-refractivity contribution in [1.82, 2.24) is 4.98 Å². The number of H-pyrrole nitrogens is 1. The highest BCUT2D eigenvalue weighted by Crippen LogP contribution is 2.44. The van der Waals surface area contributed by atoms with E-state index in [-0.39, 0.29) is 16.7 Å². The first kappa shape index (κ1) is 19.6. The summed E-state index contributed by atoms with van der Waals surface area (Å²) in [5.41, 5.74) is 2.73. The van der Waals surface area contributed by atoms with Crippen LogP contribution in [0.3, 0.4) is 0 Å². The molecule has 2 aromatic carbocycles. The lowest BCUT2D eigenvalue weighted by Crippen LogP contribution is -2.13. The van der Waals surface area contributed by atoms with Crippen LogP contribution in [-0.2, 0) is 0 Å². The highest BCUT2D eigenvalue weighted by molar-refractivity contribution is 7.09. The summed E-state index contributed by atoms with van der Waals surface area (Å²) in [5.74, 6) is 1.43. The van der Waals surface area contributed by atoms with E-state index in [0.29, 0.717) is 32.9 Å². The van der Waals surface area contributed by atoms with Crippen molar-refractivity contribution in [3.05, 3.63) is 72.7 Å². The van der Waals surface area contributed by atoms with Gasteiger partial charge in [-0.3, -0.25) is 9.78 Å². The summed E-state index contributed by atoms with van der Waals surface area (Å²) in [6.07, 6.45) is 3.40. The van der Waals surface area contributed by atoms with Crippen molar-refractivity contribution in [1.29, 1.82) is 5.26 Å². The molecule has 5 nitrogen and oxygen atoms in total. The Morgan fingerprint density at radius 1 is 1.31 bits per heavy atom. The summed E-state index contributed by atoms with van der Waals surface area (Å²) in [5, 5.41) is 19.4. The number of aromatic amines is 1. The molecule has 0 aliphatic heterocycles. The SMILES string of the molecule is CC(c1ccc(Oc2ccc(C#N)cc2Cl)cc1C1CCC1)c1sc(=O)[nH]c1O. The number of nitrogens with zero attached hydrogens (tertiary/aromatic N) is 1. The molecule has 148 valence electrons. The van der Waals surface area contributed by atoms with Crippen LogP contribution in [0.25, 0.3) is 0 Å². The fraction of sp³-hybridized carbons (Fsp3) is 0.273. The standard InChI is InChI=1S/C22H19ClN2O3S/c1-12(20-21(26)25-22(27)29-20)16-7-6-15(10-17(16)14-3-2-4-14)28-19-8-5-13(11-24)9-18(19)23/h5-10,12,14,26H,2-4H2,1H3,(H,25,27). The smallest absolute Gasteiger partial charge is 0.307 e. The van der Waals surface area contributed by atoms with E-state index in [2.05, 4.69) is 11.1 Å². The average molecular weight is 427 g/mol. The molecule has 1 unspecified atom stereocenters. The molecule has 0 saturated heterocycles. The van der Waals surface area contributed by atoms with Crippen LogP contribution in [0.4, 0.5) is 0 Å². The van der Waals surface area contributed by atoms with Gasteiger partial charge in [-0.25, -0.2) is 0 Å². The Kier molecular flexibility index (Phi) is 5.35. The molecule has 1 aromatic heterocycles. The molecular weight excluding hydrogens is 408 g/mol. The Labute approximate surface area is 177 Å². The van der Waals surface area contributed by atoms with Crippen molar-refractivity contribution in [3.8, 4) is 23.4 Å². The maximum atomic E-state index is 11.6. The number of rotatable bonds is 5. The molecule has 1 fully saturated rings. The Bertz CT molecular complexity index is 1160. The van der Waals surface area contributed by atoms with Gasteiger partial charge in [0, 0.05) is 5.92 Å². The minimum absolute atomic E-state index is 0.0586. The zero-order chi connectivity index (χ0) is 20.5. The van der Waals surface area contributed by atoms with Gasteiger partial charge in [-0.2, -0.15) is 5.26 Å². The Morgan fingerprint density at radius 2 is 2.10 bits per heavy atom. The minimum atomic E-state index is -0.259. The number of nitriles is 1. The number of ether oxygens (including phenoxy) is 1. The second-order valence-corrected chi connectivity index (χ2v) is 8.65. The van der Waals surface area contributed by atoms with Gasteiger partial charge < -0.3 is 9.84 Å². The molecule has 3 aromatic rings. The fourth-order valence-electron chi connectivity index (χ4n) is 3.63. The Balaban J connectivity index is 1.69. The number of aromatic nitrogens is 1. The van der Waals surface area contributed by atoms with Crippen LogP contribution in [0.5, 0.6) is 17.4 Å². The molecule has 1 atom stereocenters. The summed E-state index contributed by atoms with van der Waals surface area (Å²) >= 11 is 7.28. The lowest BCUT2D eigenvalue weighted by molar-refractivity contribution is 0.412. The largest absolute Gasteiger partial charge is 0.494 e. The molecule has 1 heterocycles. The summed E-state index contributed by atoms with van der Waals surface area (Å²) in [4.78, 5) is 14.4. The van der Waals surface area contributed by atoms with E-state index < -0.39 is 0 Å². The normalized spacial score (nSPS) is 14.8.